The van der Waals surface area contributed by atoms with Crippen LogP contribution in [0.2, 0.25) is 0 Å². The van der Waals surface area contributed by atoms with E-state index in [1.165, 1.54) is 0 Å². The van der Waals surface area contributed by atoms with E-state index in [4.69, 9.17) is 4.52 Å². The van der Waals surface area contributed by atoms with Gasteiger partial charge in [0.2, 0.25) is 17.6 Å². The van der Waals surface area contributed by atoms with Gasteiger partial charge < -0.3 is 9.84 Å². The Morgan fingerprint density at radius 2 is 1.88 bits per heavy atom. The molecule has 3 aromatic rings. The lowest BCUT2D eigenvalue weighted by Gasteiger charge is -2.14. The number of halogens is 1. The lowest BCUT2D eigenvalue weighted by atomic mass is 10.2. The molecule has 3 rings (SSSR count). The highest BCUT2D eigenvalue weighted by Gasteiger charge is 2.13. The Balaban J connectivity index is 1.56. The smallest absolute Gasteiger partial charge is 0.241 e. The maximum absolute atomic E-state index is 12.2. The average molecular weight is 401 g/mol. The van der Waals surface area contributed by atoms with Crippen molar-refractivity contribution in [2.24, 2.45) is 0 Å². The lowest BCUT2D eigenvalue weighted by molar-refractivity contribution is -0.117. The fourth-order valence-electron chi connectivity index (χ4n) is 2.31. The third-order valence-corrected chi connectivity index (χ3v) is 4.16. The molecule has 2 aromatic carbocycles. The molecular formula is C18H17BrN4O2. The fourth-order valence-corrected chi connectivity index (χ4v) is 2.69. The SMILES string of the molecule is CN(CC(=O)Nc1ccccc1Br)Cc1nc(-c2ccccc2)no1. The second kappa shape index (κ2) is 8.04. The number of aromatic nitrogens is 2. The van der Waals surface area contributed by atoms with Gasteiger partial charge in [0.1, 0.15) is 0 Å². The first kappa shape index (κ1) is 17.3. The summed E-state index contributed by atoms with van der Waals surface area (Å²) in [5, 5.41) is 6.84. The van der Waals surface area contributed by atoms with Crippen LogP contribution in [0.5, 0.6) is 0 Å². The molecule has 0 radical (unpaired) electrons. The molecule has 0 atom stereocenters. The summed E-state index contributed by atoms with van der Waals surface area (Å²) in [6.07, 6.45) is 0. The molecule has 1 N–H and O–H groups in total. The van der Waals surface area contributed by atoms with Crippen molar-refractivity contribution in [2.45, 2.75) is 6.54 Å². The van der Waals surface area contributed by atoms with E-state index in [0.717, 1.165) is 15.7 Å². The van der Waals surface area contributed by atoms with Crippen LogP contribution in [-0.2, 0) is 11.3 Å². The largest absolute Gasteiger partial charge is 0.338 e. The van der Waals surface area contributed by atoms with E-state index >= 15 is 0 Å². The van der Waals surface area contributed by atoms with Gasteiger partial charge in [0.15, 0.2) is 0 Å². The second-order valence-corrected chi connectivity index (χ2v) is 6.43. The third kappa shape index (κ3) is 4.74. The molecule has 6 nitrogen and oxygen atoms in total. The van der Waals surface area contributed by atoms with Crippen LogP contribution in [0.4, 0.5) is 5.69 Å². The van der Waals surface area contributed by atoms with Gasteiger partial charge in [0.05, 0.1) is 18.8 Å². The van der Waals surface area contributed by atoms with E-state index in [0.29, 0.717) is 18.3 Å². The minimum absolute atomic E-state index is 0.114. The molecule has 0 unspecified atom stereocenters. The van der Waals surface area contributed by atoms with Crippen molar-refractivity contribution in [3.8, 4) is 11.4 Å². The molecule has 7 heteroatoms. The van der Waals surface area contributed by atoms with Crippen molar-refractivity contribution in [1.29, 1.82) is 0 Å². The number of hydrogen-bond donors (Lipinski definition) is 1. The first-order chi connectivity index (χ1) is 12.1. The minimum Gasteiger partial charge on any atom is -0.338 e. The molecule has 1 heterocycles. The van der Waals surface area contributed by atoms with Gasteiger partial charge in [-0.1, -0.05) is 47.6 Å². The first-order valence-corrected chi connectivity index (χ1v) is 8.52. The summed E-state index contributed by atoms with van der Waals surface area (Å²) in [5.41, 5.74) is 1.64. The number of anilines is 1. The maximum Gasteiger partial charge on any atom is 0.241 e. The van der Waals surface area contributed by atoms with Crippen molar-refractivity contribution >= 4 is 27.5 Å². The Hall–Kier alpha value is -2.51. The molecule has 0 fully saturated rings. The minimum atomic E-state index is -0.114. The quantitative estimate of drug-likeness (QED) is 0.684. The van der Waals surface area contributed by atoms with Crippen LogP contribution in [0.3, 0.4) is 0 Å². The third-order valence-electron chi connectivity index (χ3n) is 3.47. The number of benzene rings is 2. The monoisotopic (exact) mass is 400 g/mol. The average Bonchev–Trinajstić information content (AvgIpc) is 3.06. The Morgan fingerprint density at radius 1 is 1.16 bits per heavy atom. The van der Waals surface area contributed by atoms with Crippen molar-refractivity contribution in [3.05, 3.63) is 65.0 Å². The molecule has 0 spiro atoms. The topological polar surface area (TPSA) is 71.3 Å². The molecule has 25 heavy (non-hydrogen) atoms. The van der Waals surface area contributed by atoms with Crippen LogP contribution >= 0.6 is 15.9 Å². The van der Waals surface area contributed by atoms with E-state index in [1.807, 2.05) is 66.5 Å². The zero-order valence-corrected chi connectivity index (χ0v) is 15.2. The maximum atomic E-state index is 12.2. The van der Waals surface area contributed by atoms with Gasteiger partial charge in [-0.05, 0) is 35.1 Å². The summed E-state index contributed by atoms with van der Waals surface area (Å²) in [6, 6.07) is 17.1. The van der Waals surface area contributed by atoms with Gasteiger partial charge in [-0.2, -0.15) is 4.98 Å². The number of likely N-dealkylation sites (N-methyl/N-ethyl adjacent to an activating group) is 1. The number of para-hydroxylation sites is 1. The van der Waals surface area contributed by atoms with E-state index in [2.05, 4.69) is 31.4 Å². The molecule has 0 bridgehead atoms. The van der Waals surface area contributed by atoms with Gasteiger partial charge in [-0.15, -0.1) is 0 Å². The summed E-state index contributed by atoms with van der Waals surface area (Å²) in [4.78, 5) is 18.3. The molecule has 1 amide bonds. The zero-order chi connectivity index (χ0) is 17.6. The van der Waals surface area contributed by atoms with Crippen LogP contribution in [0, 0.1) is 0 Å². The number of hydrogen-bond acceptors (Lipinski definition) is 5. The summed E-state index contributed by atoms with van der Waals surface area (Å²) in [6.45, 7) is 0.605. The van der Waals surface area contributed by atoms with Crippen LogP contribution in [-0.4, -0.2) is 34.5 Å². The highest BCUT2D eigenvalue weighted by atomic mass is 79.9. The van der Waals surface area contributed by atoms with Crippen LogP contribution in [0.15, 0.2) is 63.6 Å². The molecule has 0 aliphatic carbocycles. The Labute approximate surface area is 154 Å². The van der Waals surface area contributed by atoms with E-state index in [9.17, 15) is 4.79 Å². The molecule has 128 valence electrons. The first-order valence-electron chi connectivity index (χ1n) is 7.73. The van der Waals surface area contributed by atoms with Crippen molar-refractivity contribution < 1.29 is 9.32 Å². The second-order valence-electron chi connectivity index (χ2n) is 5.58. The van der Waals surface area contributed by atoms with Crippen molar-refractivity contribution in [3.63, 3.8) is 0 Å². The van der Waals surface area contributed by atoms with Crippen LogP contribution in [0.25, 0.3) is 11.4 Å². The van der Waals surface area contributed by atoms with Gasteiger partial charge >= 0.3 is 0 Å². The molecule has 0 saturated heterocycles. The molecule has 0 saturated carbocycles. The number of carbonyl (C=O) groups is 1. The lowest BCUT2D eigenvalue weighted by Crippen LogP contribution is -2.30. The normalized spacial score (nSPS) is 10.8. The van der Waals surface area contributed by atoms with Crippen molar-refractivity contribution in [1.82, 2.24) is 15.0 Å². The highest BCUT2D eigenvalue weighted by Crippen LogP contribution is 2.21. The summed E-state index contributed by atoms with van der Waals surface area (Å²) in [5.74, 6) is 0.897. The van der Waals surface area contributed by atoms with Crippen LogP contribution in [0.1, 0.15) is 5.89 Å². The van der Waals surface area contributed by atoms with E-state index in [1.54, 1.807) is 0 Å². The van der Waals surface area contributed by atoms with Gasteiger partial charge in [-0.3, -0.25) is 9.69 Å². The highest BCUT2D eigenvalue weighted by molar-refractivity contribution is 9.10. The molecule has 1 aromatic heterocycles. The number of carbonyl (C=O) groups excluding carboxylic acids is 1. The number of nitrogens with zero attached hydrogens (tertiary/aromatic N) is 3. The summed E-state index contributed by atoms with van der Waals surface area (Å²) >= 11 is 3.41. The number of amides is 1. The predicted molar refractivity (Wildman–Crippen MR) is 98.8 cm³/mol. The predicted octanol–water partition coefficient (Wildman–Crippen LogP) is 3.57. The van der Waals surface area contributed by atoms with Crippen LogP contribution < -0.4 is 5.32 Å². The van der Waals surface area contributed by atoms with E-state index in [-0.39, 0.29) is 12.5 Å². The van der Waals surface area contributed by atoms with Gasteiger partial charge in [0.25, 0.3) is 0 Å². The number of rotatable bonds is 6. The zero-order valence-electron chi connectivity index (χ0n) is 13.6. The standard InChI is InChI=1S/C18H17BrN4O2/c1-23(11-16(24)20-15-10-6-5-9-14(15)19)12-17-21-18(22-25-17)13-7-3-2-4-8-13/h2-10H,11-12H2,1H3,(H,20,24). The number of nitrogens with one attached hydrogen (secondary N) is 1. The van der Waals surface area contributed by atoms with Gasteiger partial charge in [-0.25, -0.2) is 0 Å². The molecular weight excluding hydrogens is 384 g/mol. The van der Waals surface area contributed by atoms with Crippen molar-refractivity contribution in [2.75, 3.05) is 18.9 Å². The Bertz CT molecular complexity index is 851. The molecule has 0 aliphatic rings. The fraction of sp³-hybridized carbons (Fsp3) is 0.167. The Kier molecular flexibility index (Phi) is 5.57. The molecule has 0 aliphatic heterocycles. The summed E-state index contributed by atoms with van der Waals surface area (Å²) < 4.78 is 6.11. The van der Waals surface area contributed by atoms with Gasteiger partial charge in [0, 0.05) is 10.0 Å². The van der Waals surface area contributed by atoms with E-state index < -0.39 is 0 Å². The summed E-state index contributed by atoms with van der Waals surface area (Å²) in [7, 11) is 1.83. The Morgan fingerprint density at radius 3 is 2.64 bits per heavy atom.